The molecule has 8 nitrogen and oxygen atoms in total. The molecule has 5 rings (SSSR count). The number of amides is 1. The Balaban J connectivity index is 1.20. The number of carbonyl (C=O) groups is 1. The number of imidazole rings is 1. The lowest BCUT2D eigenvalue weighted by Gasteiger charge is -2.10. The number of rotatable bonds is 7. The van der Waals surface area contributed by atoms with Crippen molar-refractivity contribution in [2.24, 2.45) is 0 Å². The van der Waals surface area contributed by atoms with Gasteiger partial charge in [-0.3, -0.25) is 9.36 Å². The molecule has 37 heavy (non-hydrogen) atoms. The van der Waals surface area contributed by atoms with Gasteiger partial charge in [-0.1, -0.05) is 6.07 Å². The molecule has 0 saturated heterocycles. The Hall–Kier alpha value is -5.05. The molecule has 5 aromatic rings. The zero-order chi connectivity index (χ0) is 25.8. The van der Waals surface area contributed by atoms with E-state index in [2.05, 4.69) is 20.5 Å². The van der Waals surface area contributed by atoms with Crippen molar-refractivity contribution in [2.75, 3.05) is 5.32 Å². The van der Waals surface area contributed by atoms with Gasteiger partial charge in [0.1, 0.15) is 29.4 Å². The lowest BCUT2D eigenvalue weighted by molar-refractivity contribution is 0.102. The van der Waals surface area contributed by atoms with Gasteiger partial charge in [0.25, 0.3) is 5.91 Å². The first kappa shape index (κ1) is 23.7. The van der Waals surface area contributed by atoms with Gasteiger partial charge in [-0.15, -0.1) is 10.2 Å². The van der Waals surface area contributed by atoms with Crippen molar-refractivity contribution in [3.05, 3.63) is 114 Å². The van der Waals surface area contributed by atoms with Gasteiger partial charge in [0.2, 0.25) is 5.88 Å². The zero-order valence-electron chi connectivity index (χ0n) is 20.1. The Morgan fingerprint density at radius 1 is 0.838 bits per heavy atom. The average molecular weight is 496 g/mol. The molecule has 0 spiro atoms. The molecular formula is C28H22FN5O3. The van der Waals surface area contributed by atoms with Gasteiger partial charge in [0.05, 0.1) is 5.69 Å². The summed E-state index contributed by atoms with van der Waals surface area (Å²) in [6.45, 7) is 3.90. The van der Waals surface area contributed by atoms with Gasteiger partial charge in [0, 0.05) is 23.0 Å². The van der Waals surface area contributed by atoms with Crippen LogP contribution in [0.4, 0.5) is 10.1 Å². The molecule has 9 heteroatoms. The van der Waals surface area contributed by atoms with Crippen LogP contribution in [0, 0.1) is 19.7 Å². The molecule has 3 aromatic carbocycles. The predicted octanol–water partition coefficient (Wildman–Crippen LogP) is 6.26. The van der Waals surface area contributed by atoms with Crippen LogP contribution in [0.1, 0.15) is 21.7 Å². The summed E-state index contributed by atoms with van der Waals surface area (Å²) in [7, 11) is 0. The van der Waals surface area contributed by atoms with E-state index >= 15 is 0 Å². The molecule has 2 aromatic heterocycles. The summed E-state index contributed by atoms with van der Waals surface area (Å²) in [5.74, 6) is 1.82. The van der Waals surface area contributed by atoms with Crippen molar-refractivity contribution in [3.8, 4) is 28.9 Å². The molecule has 1 N–H and O–H groups in total. The third-order valence-corrected chi connectivity index (χ3v) is 5.60. The molecule has 1 amide bonds. The maximum atomic E-state index is 13.1. The summed E-state index contributed by atoms with van der Waals surface area (Å²) < 4.78 is 26.4. The third kappa shape index (κ3) is 5.62. The molecule has 0 saturated carbocycles. The largest absolute Gasteiger partial charge is 0.457 e. The first-order chi connectivity index (χ1) is 17.9. The molecule has 0 bridgehead atoms. The minimum atomic E-state index is -0.349. The van der Waals surface area contributed by atoms with Crippen molar-refractivity contribution in [3.63, 3.8) is 0 Å². The van der Waals surface area contributed by atoms with Crippen LogP contribution in [0.3, 0.4) is 0 Å². The van der Waals surface area contributed by atoms with Crippen LogP contribution in [0.15, 0.2) is 91.3 Å². The van der Waals surface area contributed by atoms with Gasteiger partial charge in [-0.25, -0.2) is 9.37 Å². The SMILES string of the molecule is Cc1ncn(-c2ccc(Oc3ccc(NC(=O)c4cccc(Oc5ccc(F)cc5)c4)cc3)nn2)c1C. The summed E-state index contributed by atoms with van der Waals surface area (Å²) in [5.41, 5.74) is 2.93. The average Bonchev–Trinajstić information content (AvgIpc) is 3.25. The maximum Gasteiger partial charge on any atom is 0.255 e. The van der Waals surface area contributed by atoms with E-state index in [0.29, 0.717) is 40.2 Å². The van der Waals surface area contributed by atoms with E-state index < -0.39 is 0 Å². The number of anilines is 1. The molecule has 0 unspecified atom stereocenters. The van der Waals surface area contributed by atoms with Gasteiger partial charge < -0.3 is 14.8 Å². The number of carbonyl (C=O) groups excluding carboxylic acids is 1. The van der Waals surface area contributed by atoms with Crippen LogP contribution < -0.4 is 14.8 Å². The molecule has 0 aliphatic rings. The minimum absolute atomic E-state index is 0.301. The number of benzene rings is 3. The van der Waals surface area contributed by atoms with Gasteiger partial charge >= 0.3 is 0 Å². The van der Waals surface area contributed by atoms with Crippen molar-refractivity contribution in [2.45, 2.75) is 13.8 Å². The third-order valence-electron chi connectivity index (χ3n) is 5.60. The monoisotopic (exact) mass is 495 g/mol. The van der Waals surface area contributed by atoms with Crippen molar-refractivity contribution in [1.82, 2.24) is 19.7 Å². The van der Waals surface area contributed by atoms with Gasteiger partial charge in [0.15, 0.2) is 5.82 Å². The number of aryl methyl sites for hydroxylation is 1. The Morgan fingerprint density at radius 3 is 2.24 bits per heavy atom. The second-order valence-electron chi connectivity index (χ2n) is 8.18. The fourth-order valence-corrected chi connectivity index (χ4v) is 3.50. The predicted molar refractivity (Wildman–Crippen MR) is 136 cm³/mol. The molecule has 184 valence electrons. The van der Waals surface area contributed by atoms with Crippen LogP contribution in [0.25, 0.3) is 5.82 Å². The summed E-state index contributed by atoms with van der Waals surface area (Å²) in [6, 6.07) is 22.8. The number of halogens is 1. The molecule has 0 fully saturated rings. The summed E-state index contributed by atoms with van der Waals surface area (Å²) in [4.78, 5) is 17.0. The number of hydrogen-bond acceptors (Lipinski definition) is 6. The highest BCUT2D eigenvalue weighted by atomic mass is 19.1. The van der Waals surface area contributed by atoms with E-state index in [1.807, 2.05) is 18.4 Å². The fraction of sp³-hybridized carbons (Fsp3) is 0.0714. The standard InChI is InChI=1S/C28H22FN5O3/c1-18-19(2)34(17-30-18)26-14-15-27(33-32-26)37-24-12-8-22(9-13-24)31-28(35)20-4-3-5-25(16-20)36-23-10-6-21(29)7-11-23/h3-17H,1-2H3,(H,31,35). The summed E-state index contributed by atoms with van der Waals surface area (Å²) in [5, 5.41) is 11.2. The van der Waals surface area contributed by atoms with Gasteiger partial charge in [-0.2, -0.15) is 0 Å². The lowest BCUT2D eigenvalue weighted by Crippen LogP contribution is -2.11. The Bertz CT molecular complexity index is 1530. The first-order valence-corrected chi connectivity index (χ1v) is 11.4. The normalized spacial score (nSPS) is 10.7. The highest BCUT2D eigenvalue weighted by molar-refractivity contribution is 6.04. The number of ether oxygens (including phenoxy) is 2. The Kier molecular flexibility index (Phi) is 6.58. The fourth-order valence-electron chi connectivity index (χ4n) is 3.50. The van der Waals surface area contributed by atoms with Crippen LogP contribution in [-0.2, 0) is 0 Å². The smallest absolute Gasteiger partial charge is 0.255 e. The molecule has 0 aliphatic heterocycles. The van der Waals surface area contributed by atoms with E-state index in [-0.39, 0.29) is 11.7 Å². The first-order valence-electron chi connectivity index (χ1n) is 11.4. The Labute approximate surface area is 212 Å². The second kappa shape index (κ2) is 10.3. The van der Waals surface area contributed by atoms with Crippen LogP contribution in [-0.4, -0.2) is 25.7 Å². The summed E-state index contributed by atoms with van der Waals surface area (Å²) in [6.07, 6.45) is 1.71. The van der Waals surface area contributed by atoms with E-state index in [4.69, 9.17) is 9.47 Å². The van der Waals surface area contributed by atoms with Crippen molar-refractivity contribution < 1.29 is 18.7 Å². The van der Waals surface area contributed by atoms with Crippen molar-refractivity contribution in [1.29, 1.82) is 0 Å². The Morgan fingerprint density at radius 2 is 1.57 bits per heavy atom. The molecule has 0 atom stereocenters. The number of nitrogens with zero attached hydrogens (tertiary/aromatic N) is 4. The van der Waals surface area contributed by atoms with E-state index in [1.54, 1.807) is 67.0 Å². The summed E-state index contributed by atoms with van der Waals surface area (Å²) >= 11 is 0. The van der Waals surface area contributed by atoms with E-state index in [1.165, 1.54) is 24.3 Å². The number of aromatic nitrogens is 4. The highest BCUT2D eigenvalue weighted by Gasteiger charge is 2.10. The maximum absolute atomic E-state index is 13.1. The zero-order valence-corrected chi connectivity index (χ0v) is 20.1. The van der Waals surface area contributed by atoms with Crippen LogP contribution in [0.2, 0.25) is 0 Å². The topological polar surface area (TPSA) is 91.2 Å². The van der Waals surface area contributed by atoms with Crippen LogP contribution in [0.5, 0.6) is 23.1 Å². The minimum Gasteiger partial charge on any atom is -0.457 e. The molecular weight excluding hydrogens is 473 g/mol. The quantitative estimate of drug-likeness (QED) is 0.287. The van der Waals surface area contributed by atoms with Gasteiger partial charge in [-0.05, 0) is 86.6 Å². The molecule has 0 radical (unpaired) electrons. The molecule has 2 heterocycles. The number of hydrogen-bond donors (Lipinski definition) is 1. The van der Waals surface area contributed by atoms with Crippen molar-refractivity contribution >= 4 is 11.6 Å². The van der Waals surface area contributed by atoms with E-state index in [0.717, 1.165) is 11.4 Å². The lowest BCUT2D eigenvalue weighted by atomic mass is 10.2. The number of nitrogens with one attached hydrogen (secondary N) is 1. The molecule has 0 aliphatic carbocycles. The highest BCUT2D eigenvalue weighted by Crippen LogP contribution is 2.25. The second-order valence-corrected chi connectivity index (χ2v) is 8.18. The van der Waals surface area contributed by atoms with E-state index in [9.17, 15) is 9.18 Å². The van der Waals surface area contributed by atoms with Crippen LogP contribution >= 0.6 is 0 Å².